The van der Waals surface area contributed by atoms with Crippen molar-refractivity contribution in [3.05, 3.63) is 77.6 Å². The van der Waals surface area contributed by atoms with E-state index >= 15 is 0 Å². The van der Waals surface area contributed by atoms with Crippen LogP contribution >= 0.6 is 0 Å². The fourth-order valence-electron chi connectivity index (χ4n) is 3.17. The summed E-state index contributed by atoms with van der Waals surface area (Å²) in [6.45, 7) is 3.28. The molecule has 1 aliphatic heterocycles. The summed E-state index contributed by atoms with van der Waals surface area (Å²) in [4.78, 5) is 52.2. The van der Waals surface area contributed by atoms with Crippen LogP contribution in [0.4, 0.5) is 11.5 Å². The van der Waals surface area contributed by atoms with Crippen molar-refractivity contribution in [2.24, 2.45) is 0 Å². The van der Waals surface area contributed by atoms with Crippen LogP contribution in [0.1, 0.15) is 30.9 Å². The molecule has 3 rings (SSSR count). The number of allylic oxidation sites excluding steroid dienone is 1. The van der Waals surface area contributed by atoms with Crippen LogP contribution < -0.4 is 16.6 Å². The first-order valence-electron chi connectivity index (χ1n) is 8.09. The maximum Gasteiger partial charge on any atom is 0.336 e. The number of benzene rings is 1. The lowest BCUT2D eigenvalue weighted by molar-refractivity contribution is -0.385. The monoisotopic (exact) mass is 372 g/mol. The molecule has 0 fully saturated rings. The van der Waals surface area contributed by atoms with Gasteiger partial charge in [-0.25, -0.2) is 9.59 Å². The summed E-state index contributed by atoms with van der Waals surface area (Å²) < 4.78 is 5.09. The summed E-state index contributed by atoms with van der Waals surface area (Å²) in [6, 6.07) is 5.81. The average molecular weight is 372 g/mol. The van der Waals surface area contributed by atoms with Crippen molar-refractivity contribution < 1.29 is 14.5 Å². The molecule has 0 aliphatic carbocycles. The van der Waals surface area contributed by atoms with Crippen molar-refractivity contribution in [3.8, 4) is 0 Å². The van der Waals surface area contributed by atoms with Crippen LogP contribution in [0.5, 0.6) is 0 Å². The highest BCUT2D eigenvalue weighted by Gasteiger charge is 2.38. The van der Waals surface area contributed by atoms with Crippen molar-refractivity contribution in [3.63, 3.8) is 0 Å². The molecule has 1 aliphatic rings. The number of hydrogen-bond acceptors (Lipinski definition) is 7. The van der Waals surface area contributed by atoms with Crippen LogP contribution in [0.15, 0.2) is 45.1 Å². The minimum absolute atomic E-state index is 0.00227. The van der Waals surface area contributed by atoms with Crippen molar-refractivity contribution in [1.29, 1.82) is 0 Å². The van der Waals surface area contributed by atoms with Gasteiger partial charge in [-0.2, -0.15) is 0 Å². The molecule has 140 valence electrons. The molecular formula is C17H16N4O6. The van der Waals surface area contributed by atoms with Crippen molar-refractivity contribution in [2.75, 3.05) is 11.9 Å². The second kappa shape index (κ2) is 6.90. The van der Waals surface area contributed by atoms with Crippen molar-refractivity contribution >= 4 is 17.5 Å². The minimum Gasteiger partial charge on any atom is -0.463 e. The highest BCUT2D eigenvalue weighted by Crippen LogP contribution is 2.42. The summed E-state index contributed by atoms with van der Waals surface area (Å²) in [5.41, 5.74) is -1.21. The molecule has 2 heterocycles. The van der Waals surface area contributed by atoms with Gasteiger partial charge in [0, 0.05) is 17.3 Å². The second-order valence-electron chi connectivity index (χ2n) is 5.83. The number of H-pyrrole nitrogens is 2. The smallest absolute Gasteiger partial charge is 0.336 e. The van der Waals surface area contributed by atoms with E-state index in [1.165, 1.54) is 18.2 Å². The van der Waals surface area contributed by atoms with Gasteiger partial charge in [-0.15, -0.1) is 0 Å². The van der Waals surface area contributed by atoms with E-state index in [-0.39, 0.29) is 34.8 Å². The van der Waals surface area contributed by atoms with Crippen LogP contribution in [0.2, 0.25) is 0 Å². The Morgan fingerprint density at radius 3 is 2.63 bits per heavy atom. The number of nitrogens with zero attached hydrogens (tertiary/aromatic N) is 1. The molecule has 1 atom stereocenters. The van der Waals surface area contributed by atoms with Crippen LogP contribution in [0.3, 0.4) is 0 Å². The lowest BCUT2D eigenvalue weighted by Gasteiger charge is -2.28. The van der Waals surface area contributed by atoms with E-state index in [2.05, 4.69) is 15.3 Å². The van der Waals surface area contributed by atoms with Crippen molar-refractivity contribution in [1.82, 2.24) is 9.97 Å². The summed E-state index contributed by atoms with van der Waals surface area (Å²) in [6.07, 6.45) is 0. The van der Waals surface area contributed by atoms with E-state index in [0.717, 1.165) is 0 Å². The Balaban J connectivity index is 2.37. The first-order chi connectivity index (χ1) is 12.8. The predicted molar refractivity (Wildman–Crippen MR) is 95.6 cm³/mol. The fourth-order valence-corrected chi connectivity index (χ4v) is 3.17. The van der Waals surface area contributed by atoms with Gasteiger partial charge < -0.3 is 10.1 Å². The van der Waals surface area contributed by atoms with Gasteiger partial charge in [-0.05, 0) is 13.8 Å². The molecule has 27 heavy (non-hydrogen) atoms. The summed E-state index contributed by atoms with van der Waals surface area (Å²) >= 11 is 0. The zero-order valence-corrected chi connectivity index (χ0v) is 14.5. The number of fused-ring (bicyclic) bond motifs is 1. The number of nitrogens with one attached hydrogen (secondary N) is 3. The van der Waals surface area contributed by atoms with Gasteiger partial charge in [-0.1, -0.05) is 18.2 Å². The third-order valence-corrected chi connectivity index (χ3v) is 4.21. The van der Waals surface area contributed by atoms with Gasteiger partial charge in [0.05, 0.1) is 28.6 Å². The van der Waals surface area contributed by atoms with Gasteiger partial charge in [0.2, 0.25) is 0 Å². The Bertz CT molecular complexity index is 1080. The molecule has 10 heteroatoms. The molecule has 1 aromatic heterocycles. The maximum absolute atomic E-state index is 12.6. The first-order valence-corrected chi connectivity index (χ1v) is 8.09. The molecule has 0 radical (unpaired) electrons. The fraction of sp³-hybridized carbons (Fsp3) is 0.235. The number of para-hydroxylation sites is 1. The number of nitro groups is 1. The molecule has 0 spiro atoms. The molecule has 0 saturated carbocycles. The highest BCUT2D eigenvalue weighted by atomic mass is 16.6. The predicted octanol–water partition coefficient (Wildman–Crippen LogP) is 1.37. The molecular weight excluding hydrogens is 356 g/mol. The third kappa shape index (κ3) is 3.12. The molecule has 0 saturated heterocycles. The molecule has 0 amide bonds. The zero-order chi connectivity index (χ0) is 19.7. The number of esters is 1. The quantitative estimate of drug-likeness (QED) is 0.417. The van der Waals surface area contributed by atoms with E-state index < -0.39 is 28.1 Å². The van der Waals surface area contributed by atoms with Gasteiger partial charge in [-0.3, -0.25) is 24.9 Å². The molecule has 0 unspecified atom stereocenters. The van der Waals surface area contributed by atoms with E-state index in [0.29, 0.717) is 5.70 Å². The first kappa shape index (κ1) is 18.1. The number of hydrogen-bond donors (Lipinski definition) is 3. The number of nitro benzene ring substituents is 1. The topological polar surface area (TPSA) is 147 Å². The normalized spacial score (nSPS) is 15.7. The van der Waals surface area contributed by atoms with Gasteiger partial charge >= 0.3 is 11.7 Å². The SMILES string of the molecule is CCOC(=O)C1=C(C)Nc2[nH]c(=O)[nH]c(=O)c2[C@@H]1c1ccccc1[N+](=O)[O-]. The Kier molecular flexibility index (Phi) is 4.63. The lowest BCUT2D eigenvalue weighted by Crippen LogP contribution is -2.35. The van der Waals surface area contributed by atoms with Gasteiger partial charge in [0.15, 0.2) is 0 Å². The Hall–Kier alpha value is -3.69. The highest BCUT2D eigenvalue weighted by molar-refractivity contribution is 5.94. The van der Waals surface area contributed by atoms with Crippen LogP contribution in [0, 0.1) is 10.1 Å². The number of carbonyl (C=O) groups is 1. The maximum atomic E-state index is 12.6. The average Bonchev–Trinajstić information content (AvgIpc) is 2.60. The number of aromatic amines is 2. The number of anilines is 1. The van der Waals surface area contributed by atoms with Crippen LogP contribution in [-0.4, -0.2) is 27.5 Å². The van der Waals surface area contributed by atoms with Gasteiger partial charge in [0.1, 0.15) is 5.82 Å². The molecule has 0 bridgehead atoms. The number of carbonyl (C=O) groups excluding carboxylic acids is 1. The molecule has 3 N–H and O–H groups in total. The number of aromatic nitrogens is 2. The Morgan fingerprint density at radius 2 is 1.96 bits per heavy atom. The number of ether oxygens (including phenoxy) is 1. The van der Waals surface area contributed by atoms with Crippen molar-refractivity contribution in [2.45, 2.75) is 19.8 Å². The van der Waals surface area contributed by atoms with E-state index in [9.17, 15) is 24.5 Å². The molecule has 1 aromatic carbocycles. The Morgan fingerprint density at radius 1 is 1.26 bits per heavy atom. The standard InChI is InChI=1S/C17H16N4O6/c1-3-27-16(23)11-8(2)18-14-13(15(22)20-17(24)19-14)12(11)9-6-4-5-7-10(9)21(25)26/h4-7,12H,3H2,1-2H3,(H3,18,19,20,22,24)/t12-/m1/s1. The van der Waals surface area contributed by atoms with Gasteiger partial charge in [0.25, 0.3) is 11.2 Å². The lowest BCUT2D eigenvalue weighted by atomic mass is 9.81. The minimum atomic E-state index is -1.08. The summed E-state index contributed by atoms with van der Waals surface area (Å²) in [5.74, 6) is -1.71. The second-order valence-corrected chi connectivity index (χ2v) is 5.83. The van der Waals surface area contributed by atoms with E-state index in [1.807, 2.05) is 0 Å². The number of rotatable bonds is 4. The summed E-state index contributed by atoms with van der Waals surface area (Å²) in [7, 11) is 0. The van der Waals surface area contributed by atoms with E-state index in [1.54, 1.807) is 19.9 Å². The van der Waals surface area contributed by atoms with Crippen LogP contribution in [0.25, 0.3) is 0 Å². The van der Waals surface area contributed by atoms with Crippen LogP contribution in [-0.2, 0) is 9.53 Å². The molecule has 10 nitrogen and oxygen atoms in total. The Labute approximate surface area is 152 Å². The largest absolute Gasteiger partial charge is 0.463 e. The summed E-state index contributed by atoms with van der Waals surface area (Å²) in [5, 5.41) is 14.3. The molecule has 2 aromatic rings. The zero-order valence-electron chi connectivity index (χ0n) is 14.5. The third-order valence-electron chi connectivity index (χ3n) is 4.21. The van der Waals surface area contributed by atoms with E-state index in [4.69, 9.17) is 4.74 Å².